The predicted molar refractivity (Wildman–Crippen MR) is 86.1 cm³/mol. The van der Waals surface area contributed by atoms with E-state index >= 15 is 0 Å². The molecule has 0 saturated heterocycles. The molecule has 9 heteroatoms. The van der Waals surface area contributed by atoms with Crippen molar-refractivity contribution in [2.24, 2.45) is 0 Å². The number of carbonyl (C=O) groups is 1. The van der Waals surface area contributed by atoms with Gasteiger partial charge in [-0.1, -0.05) is 6.07 Å². The minimum absolute atomic E-state index is 0.116. The molecule has 0 unspecified atom stereocenters. The fraction of sp³-hybridized carbons (Fsp3) is 0.0667. The van der Waals surface area contributed by atoms with Crippen LogP contribution in [-0.4, -0.2) is 27.4 Å². The van der Waals surface area contributed by atoms with E-state index in [1.165, 1.54) is 24.3 Å². The molecular weight excluding hydrogens is 316 g/mol. The fourth-order valence-electron chi connectivity index (χ4n) is 2.14. The van der Waals surface area contributed by atoms with Crippen molar-refractivity contribution in [3.8, 4) is 5.75 Å². The molecule has 24 heavy (non-hydrogen) atoms. The van der Waals surface area contributed by atoms with Crippen molar-refractivity contribution in [3.05, 3.63) is 63.1 Å². The molecule has 0 spiro atoms. The van der Waals surface area contributed by atoms with E-state index in [4.69, 9.17) is 4.74 Å². The van der Waals surface area contributed by atoms with Crippen molar-refractivity contribution in [3.63, 3.8) is 0 Å². The van der Waals surface area contributed by atoms with Gasteiger partial charge in [-0.05, 0) is 24.3 Å². The Balaban J connectivity index is 1.63. The number of nitro groups is 1. The number of aromatic amines is 2. The van der Waals surface area contributed by atoms with Crippen molar-refractivity contribution < 1.29 is 14.5 Å². The second-order valence-electron chi connectivity index (χ2n) is 4.93. The third-order valence-corrected chi connectivity index (χ3v) is 3.20. The minimum Gasteiger partial charge on any atom is -0.484 e. The molecule has 0 bridgehead atoms. The zero-order valence-corrected chi connectivity index (χ0v) is 12.2. The lowest BCUT2D eigenvalue weighted by atomic mass is 10.3. The van der Waals surface area contributed by atoms with Gasteiger partial charge >= 0.3 is 5.69 Å². The molecule has 0 aliphatic heterocycles. The largest absolute Gasteiger partial charge is 0.484 e. The summed E-state index contributed by atoms with van der Waals surface area (Å²) in [5.74, 6) is -0.205. The van der Waals surface area contributed by atoms with Gasteiger partial charge in [0.15, 0.2) is 6.61 Å². The molecule has 3 N–H and O–H groups in total. The number of nitro benzene ring substituents is 1. The van der Waals surface area contributed by atoms with Gasteiger partial charge in [-0.15, -0.1) is 0 Å². The highest BCUT2D eigenvalue weighted by Gasteiger charge is 2.09. The molecule has 0 aliphatic carbocycles. The summed E-state index contributed by atoms with van der Waals surface area (Å²) in [4.78, 5) is 38.4. The van der Waals surface area contributed by atoms with Gasteiger partial charge in [-0.25, -0.2) is 4.79 Å². The first kappa shape index (κ1) is 15.3. The molecule has 2 aromatic carbocycles. The summed E-state index contributed by atoms with van der Waals surface area (Å²) in [7, 11) is 0. The van der Waals surface area contributed by atoms with Crippen molar-refractivity contribution in [1.29, 1.82) is 0 Å². The van der Waals surface area contributed by atoms with Gasteiger partial charge in [-0.2, -0.15) is 0 Å². The number of hydrogen-bond acceptors (Lipinski definition) is 5. The first-order valence-corrected chi connectivity index (χ1v) is 6.90. The van der Waals surface area contributed by atoms with E-state index < -0.39 is 10.8 Å². The van der Waals surface area contributed by atoms with Crippen molar-refractivity contribution in [1.82, 2.24) is 9.97 Å². The molecule has 3 rings (SSSR count). The second kappa shape index (κ2) is 6.24. The van der Waals surface area contributed by atoms with E-state index in [-0.39, 0.29) is 23.7 Å². The van der Waals surface area contributed by atoms with Crippen LogP contribution in [0.25, 0.3) is 11.0 Å². The number of H-pyrrole nitrogens is 2. The Labute approximate surface area is 134 Å². The fourth-order valence-corrected chi connectivity index (χ4v) is 2.14. The summed E-state index contributed by atoms with van der Waals surface area (Å²) in [6.07, 6.45) is 0. The Bertz CT molecular complexity index is 975. The Kier molecular flexibility index (Phi) is 3.98. The van der Waals surface area contributed by atoms with Gasteiger partial charge in [0, 0.05) is 11.8 Å². The lowest BCUT2D eigenvalue weighted by Gasteiger charge is -2.07. The van der Waals surface area contributed by atoms with Gasteiger partial charge in [0.25, 0.3) is 11.6 Å². The van der Waals surface area contributed by atoms with Crippen LogP contribution in [0.4, 0.5) is 11.4 Å². The van der Waals surface area contributed by atoms with Crippen LogP contribution in [0.15, 0.2) is 47.3 Å². The molecule has 0 fully saturated rings. The predicted octanol–water partition coefficient (Wildman–Crippen LogP) is 1.78. The third kappa shape index (κ3) is 3.40. The quantitative estimate of drug-likeness (QED) is 0.485. The molecule has 0 aliphatic rings. The molecule has 122 valence electrons. The monoisotopic (exact) mass is 328 g/mol. The standard InChI is InChI=1S/C15H12N4O5/c20-14(8-24-11-3-1-2-10(7-11)19(22)23)16-9-4-5-12-13(6-9)18-15(21)17-12/h1-7H,8H2,(H,16,20)(H2,17,18,21). The summed E-state index contributed by atoms with van der Waals surface area (Å²) in [5, 5.41) is 13.3. The second-order valence-corrected chi connectivity index (χ2v) is 4.93. The number of fused-ring (bicyclic) bond motifs is 1. The molecule has 0 radical (unpaired) electrons. The highest BCUT2D eigenvalue weighted by atomic mass is 16.6. The number of benzene rings is 2. The van der Waals surface area contributed by atoms with E-state index in [1.807, 2.05) is 0 Å². The number of nitrogens with zero attached hydrogens (tertiary/aromatic N) is 1. The molecular formula is C15H12N4O5. The van der Waals surface area contributed by atoms with Crippen molar-refractivity contribution >= 4 is 28.3 Å². The summed E-state index contributed by atoms with van der Waals surface area (Å²) >= 11 is 0. The maximum atomic E-state index is 11.9. The minimum atomic E-state index is -0.542. The maximum Gasteiger partial charge on any atom is 0.323 e. The Morgan fingerprint density at radius 3 is 2.75 bits per heavy atom. The number of carbonyl (C=O) groups excluding carboxylic acids is 1. The highest BCUT2D eigenvalue weighted by molar-refractivity contribution is 5.93. The smallest absolute Gasteiger partial charge is 0.323 e. The number of rotatable bonds is 5. The van der Waals surface area contributed by atoms with Crippen LogP contribution >= 0.6 is 0 Å². The number of hydrogen-bond donors (Lipinski definition) is 3. The maximum absolute atomic E-state index is 11.9. The van der Waals surface area contributed by atoms with Gasteiger partial charge < -0.3 is 20.0 Å². The summed E-state index contributed by atoms with van der Waals surface area (Å²) in [6.45, 7) is -0.303. The molecule has 9 nitrogen and oxygen atoms in total. The average Bonchev–Trinajstić information content (AvgIpc) is 2.92. The zero-order chi connectivity index (χ0) is 17.1. The Hall–Kier alpha value is -3.62. The SMILES string of the molecule is O=C(COc1cccc([N+](=O)[O-])c1)Nc1ccc2[nH]c(=O)[nH]c2c1. The third-order valence-electron chi connectivity index (χ3n) is 3.20. The first-order valence-electron chi connectivity index (χ1n) is 6.90. The number of imidazole rings is 1. The van der Waals surface area contributed by atoms with E-state index in [0.717, 1.165) is 0 Å². The number of aromatic nitrogens is 2. The average molecular weight is 328 g/mol. The number of anilines is 1. The van der Waals surface area contributed by atoms with Crippen LogP contribution in [0.1, 0.15) is 0 Å². The zero-order valence-electron chi connectivity index (χ0n) is 12.2. The summed E-state index contributed by atoms with van der Waals surface area (Å²) in [6, 6.07) is 10.5. The lowest BCUT2D eigenvalue weighted by Crippen LogP contribution is -2.20. The van der Waals surface area contributed by atoms with Crippen LogP contribution in [0.5, 0.6) is 5.75 Å². The number of ether oxygens (including phenoxy) is 1. The summed E-state index contributed by atoms with van der Waals surface area (Å²) < 4.78 is 5.24. The van der Waals surface area contributed by atoms with Crippen LogP contribution in [-0.2, 0) is 4.79 Å². The molecule has 3 aromatic rings. The van der Waals surface area contributed by atoms with E-state index in [0.29, 0.717) is 16.7 Å². The van der Waals surface area contributed by atoms with Gasteiger partial charge in [0.1, 0.15) is 5.75 Å². The topological polar surface area (TPSA) is 130 Å². The van der Waals surface area contributed by atoms with Crippen LogP contribution in [0.2, 0.25) is 0 Å². The lowest BCUT2D eigenvalue weighted by molar-refractivity contribution is -0.384. The number of amides is 1. The molecule has 0 saturated carbocycles. The van der Waals surface area contributed by atoms with E-state index in [2.05, 4.69) is 15.3 Å². The van der Waals surface area contributed by atoms with Crippen molar-refractivity contribution in [2.75, 3.05) is 11.9 Å². The van der Waals surface area contributed by atoms with E-state index in [9.17, 15) is 19.7 Å². The first-order chi connectivity index (χ1) is 11.5. The normalized spacial score (nSPS) is 10.5. The van der Waals surface area contributed by atoms with E-state index in [1.54, 1.807) is 18.2 Å². The van der Waals surface area contributed by atoms with Gasteiger partial charge in [-0.3, -0.25) is 14.9 Å². The number of nitrogens with one attached hydrogen (secondary N) is 3. The number of non-ortho nitro benzene ring substituents is 1. The Morgan fingerprint density at radius 1 is 1.17 bits per heavy atom. The van der Waals surface area contributed by atoms with Crippen LogP contribution < -0.4 is 15.7 Å². The van der Waals surface area contributed by atoms with Crippen LogP contribution in [0.3, 0.4) is 0 Å². The van der Waals surface area contributed by atoms with Gasteiger partial charge in [0.05, 0.1) is 22.0 Å². The molecule has 1 aromatic heterocycles. The molecule has 0 atom stereocenters. The van der Waals surface area contributed by atoms with Crippen molar-refractivity contribution in [2.45, 2.75) is 0 Å². The Morgan fingerprint density at radius 2 is 1.96 bits per heavy atom. The summed E-state index contributed by atoms with van der Waals surface area (Å²) in [5.41, 5.74) is 1.24. The molecule has 1 amide bonds. The van der Waals surface area contributed by atoms with Crippen LogP contribution in [0, 0.1) is 10.1 Å². The van der Waals surface area contributed by atoms with Gasteiger partial charge in [0.2, 0.25) is 0 Å². The molecule has 1 heterocycles. The highest BCUT2D eigenvalue weighted by Crippen LogP contribution is 2.19.